The quantitative estimate of drug-likeness (QED) is 0.101. The van der Waals surface area contributed by atoms with Crippen molar-refractivity contribution in [3.05, 3.63) is 109 Å². The fourth-order valence-electron chi connectivity index (χ4n) is 2.10. The number of nitrogens with one attached hydrogen (secondary N) is 2. The molecule has 7 N–H and O–H groups in total. The normalized spacial score (nSPS) is 13.9. The van der Waals surface area contributed by atoms with E-state index in [4.69, 9.17) is 16.6 Å². The SMILES string of the molecule is C=C/C=C\C=C\C(CC(=O)O)NS(=O)(=O)/C=C/C(=C\C=C)NC(=O)/C=C/C(=C\C=C)N=C(N)N. The maximum atomic E-state index is 12.4. The third-order valence-electron chi connectivity index (χ3n) is 3.36. The molecule has 1 unspecified atom stereocenters. The zero-order chi connectivity index (χ0) is 26.0. The van der Waals surface area contributed by atoms with Crippen LogP contribution in [-0.4, -0.2) is 37.4 Å². The smallest absolute Gasteiger partial charge is 0.305 e. The van der Waals surface area contributed by atoms with Crippen molar-refractivity contribution < 1.29 is 23.1 Å². The van der Waals surface area contributed by atoms with E-state index in [-0.39, 0.29) is 17.4 Å². The summed E-state index contributed by atoms with van der Waals surface area (Å²) in [6.45, 7) is 10.5. The molecule has 0 aliphatic rings. The van der Waals surface area contributed by atoms with Crippen LogP contribution in [0.1, 0.15) is 6.42 Å². The number of hydrogen-bond donors (Lipinski definition) is 5. The van der Waals surface area contributed by atoms with Crippen LogP contribution in [0.5, 0.6) is 0 Å². The number of nitrogens with zero attached hydrogens (tertiary/aromatic N) is 1. The lowest BCUT2D eigenvalue weighted by Crippen LogP contribution is -2.34. The summed E-state index contributed by atoms with van der Waals surface area (Å²) < 4.78 is 27.1. The second-order valence-electron chi connectivity index (χ2n) is 6.22. The first kappa shape index (κ1) is 29.8. The Balaban J connectivity index is 5.50. The molecule has 0 fully saturated rings. The number of rotatable bonds is 15. The second-order valence-corrected chi connectivity index (χ2v) is 7.82. The first-order valence-corrected chi connectivity index (χ1v) is 11.2. The van der Waals surface area contributed by atoms with Crippen LogP contribution in [0.4, 0.5) is 0 Å². The summed E-state index contributed by atoms with van der Waals surface area (Å²) in [5.74, 6) is -2.01. The molecular weight excluding hydrogens is 458 g/mol. The van der Waals surface area contributed by atoms with Gasteiger partial charge in [-0.1, -0.05) is 62.3 Å². The number of hydrogen-bond acceptors (Lipinski definition) is 5. The molecule has 0 saturated heterocycles. The largest absolute Gasteiger partial charge is 0.481 e. The molecule has 34 heavy (non-hydrogen) atoms. The highest BCUT2D eigenvalue weighted by Gasteiger charge is 2.16. The van der Waals surface area contributed by atoms with Crippen LogP contribution in [0.25, 0.3) is 0 Å². The Bertz CT molecular complexity index is 1070. The zero-order valence-corrected chi connectivity index (χ0v) is 19.3. The summed E-state index contributed by atoms with van der Waals surface area (Å²) in [5, 5.41) is 12.3. The number of carbonyl (C=O) groups is 2. The van der Waals surface area contributed by atoms with E-state index < -0.39 is 34.4 Å². The Morgan fingerprint density at radius 1 is 0.971 bits per heavy atom. The van der Waals surface area contributed by atoms with E-state index in [0.29, 0.717) is 0 Å². The Kier molecular flexibility index (Phi) is 14.4. The van der Waals surface area contributed by atoms with E-state index in [1.807, 2.05) is 0 Å². The van der Waals surface area contributed by atoms with Gasteiger partial charge in [0.05, 0.1) is 18.2 Å². The Labute approximate surface area is 199 Å². The van der Waals surface area contributed by atoms with Crippen molar-refractivity contribution in [1.29, 1.82) is 0 Å². The molecule has 0 aromatic heterocycles. The average Bonchev–Trinajstić information content (AvgIpc) is 2.72. The molecule has 1 atom stereocenters. The number of allylic oxidation sites excluding steroid dienone is 10. The number of aliphatic imine (C=N–C) groups is 1. The van der Waals surface area contributed by atoms with Crippen LogP contribution in [0.3, 0.4) is 0 Å². The molecule has 0 rings (SSSR count). The molecule has 182 valence electrons. The first-order chi connectivity index (χ1) is 16.0. The van der Waals surface area contributed by atoms with Gasteiger partial charge in [0.15, 0.2) is 5.96 Å². The minimum Gasteiger partial charge on any atom is -0.481 e. The van der Waals surface area contributed by atoms with E-state index in [0.717, 1.165) is 17.6 Å². The van der Waals surface area contributed by atoms with Crippen LogP contribution < -0.4 is 21.5 Å². The molecule has 0 saturated carbocycles. The van der Waals surface area contributed by atoms with Gasteiger partial charge in [-0.25, -0.2) is 18.1 Å². The third-order valence-corrected chi connectivity index (χ3v) is 4.48. The van der Waals surface area contributed by atoms with Crippen molar-refractivity contribution in [2.75, 3.05) is 0 Å². The molecule has 0 heterocycles. The monoisotopic (exact) mass is 487 g/mol. The maximum absolute atomic E-state index is 12.4. The number of nitrogens with two attached hydrogens (primary N) is 2. The van der Waals surface area contributed by atoms with Crippen molar-refractivity contribution in [1.82, 2.24) is 10.0 Å². The summed E-state index contributed by atoms with van der Waals surface area (Å²) in [6.07, 6.45) is 16.3. The lowest BCUT2D eigenvalue weighted by atomic mass is 10.2. The summed E-state index contributed by atoms with van der Waals surface area (Å²) in [6, 6.07) is -1.00. The van der Waals surface area contributed by atoms with Gasteiger partial charge in [-0.15, -0.1) is 0 Å². The number of carbonyl (C=O) groups excluding carboxylic acids is 1. The van der Waals surface area contributed by atoms with E-state index in [2.05, 4.69) is 34.8 Å². The van der Waals surface area contributed by atoms with Crippen LogP contribution in [0.2, 0.25) is 0 Å². The van der Waals surface area contributed by atoms with E-state index in [1.54, 1.807) is 12.2 Å². The molecule has 0 aliphatic heterocycles. The minimum absolute atomic E-state index is 0.102. The molecule has 0 spiro atoms. The van der Waals surface area contributed by atoms with Crippen LogP contribution in [-0.2, 0) is 19.6 Å². The molecule has 0 aromatic carbocycles. The van der Waals surface area contributed by atoms with Gasteiger partial charge >= 0.3 is 5.97 Å². The standard InChI is InChI=1S/C23H29N5O5S/c1-4-7-8-9-12-20(17-22(30)31)28-34(32,33)16-15-19(11-6-3)26-21(29)14-13-18(10-5-2)27-23(24)25/h4-16,20,28H,1-3,17H2,(H,26,29)(H,30,31)(H4,24,25,27)/b8-7-,12-9+,14-13+,16-15+,18-10+,19-11+. The van der Waals surface area contributed by atoms with Gasteiger partial charge in [-0.2, -0.15) is 0 Å². The zero-order valence-electron chi connectivity index (χ0n) is 18.5. The van der Waals surface area contributed by atoms with Gasteiger partial charge in [-0.3, -0.25) is 9.59 Å². The van der Waals surface area contributed by atoms with Gasteiger partial charge in [0.2, 0.25) is 15.9 Å². The highest BCUT2D eigenvalue weighted by atomic mass is 32.2. The summed E-state index contributed by atoms with van der Waals surface area (Å²) >= 11 is 0. The predicted molar refractivity (Wildman–Crippen MR) is 135 cm³/mol. The Morgan fingerprint density at radius 2 is 1.65 bits per heavy atom. The number of sulfonamides is 1. The molecule has 1 amide bonds. The summed E-state index contributed by atoms with van der Waals surface area (Å²) in [4.78, 5) is 27.0. The lowest BCUT2D eigenvalue weighted by Gasteiger charge is -2.11. The molecular formula is C23H29N5O5S. The highest BCUT2D eigenvalue weighted by molar-refractivity contribution is 7.92. The van der Waals surface area contributed by atoms with Crippen molar-refractivity contribution in [3.63, 3.8) is 0 Å². The number of carboxylic acid groups (broad SMARTS) is 1. The first-order valence-electron chi connectivity index (χ1n) is 9.65. The predicted octanol–water partition coefficient (Wildman–Crippen LogP) is 1.65. The van der Waals surface area contributed by atoms with Crippen molar-refractivity contribution in [2.24, 2.45) is 16.5 Å². The topological polar surface area (TPSA) is 177 Å². The van der Waals surface area contributed by atoms with Crippen LogP contribution >= 0.6 is 0 Å². The van der Waals surface area contributed by atoms with Crippen LogP contribution in [0.15, 0.2) is 114 Å². The molecule has 11 heteroatoms. The van der Waals surface area contributed by atoms with Gasteiger partial charge in [0.1, 0.15) is 0 Å². The van der Waals surface area contributed by atoms with E-state index in [9.17, 15) is 18.0 Å². The number of guanidine groups is 1. The molecule has 0 bridgehead atoms. The Morgan fingerprint density at radius 3 is 2.21 bits per heavy atom. The fourth-order valence-corrected chi connectivity index (χ4v) is 3.09. The third kappa shape index (κ3) is 15.6. The van der Waals surface area contributed by atoms with Gasteiger partial charge in [0.25, 0.3) is 0 Å². The number of carboxylic acids is 1. The highest BCUT2D eigenvalue weighted by Crippen LogP contribution is 2.03. The number of aliphatic carboxylic acids is 1. The molecule has 0 radical (unpaired) electrons. The fraction of sp³-hybridized carbons (Fsp3) is 0.0870. The van der Waals surface area contributed by atoms with Crippen LogP contribution in [0, 0.1) is 0 Å². The second kappa shape index (κ2) is 16.4. The van der Waals surface area contributed by atoms with E-state index in [1.165, 1.54) is 48.6 Å². The van der Waals surface area contributed by atoms with Crippen molar-refractivity contribution >= 4 is 27.9 Å². The average molecular weight is 488 g/mol. The van der Waals surface area contributed by atoms with Gasteiger partial charge in [-0.05, 0) is 24.3 Å². The lowest BCUT2D eigenvalue weighted by molar-refractivity contribution is -0.137. The number of amides is 1. The molecule has 10 nitrogen and oxygen atoms in total. The molecule has 0 aromatic rings. The van der Waals surface area contributed by atoms with Crippen molar-refractivity contribution in [3.8, 4) is 0 Å². The van der Waals surface area contributed by atoms with E-state index >= 15 is 0 Å². The van der Waals surface area contributed by atoms with Gasteiger partial charge in [0, 0.05) is 17.2 Å². The van der Waals surface area contributed by atoms with Gasteiger partial charge < -0.3 is 21.9 Å². The maximum Gasteiger partial charge on any atom is 0.305 e. The van der Waals surface area contributed by atoms with Crippen molar-refractivity contribution in [2.45, 2.75) is 12.5 Å². The summed E-state index contributed by atoms with van der Waals surface area (Å²) in [7, 11) is -4.06. The minimum atomic E-state index is -4.06. The Hall–Kier alpha value is -4.22. The molecule has 0 aliphatic carbocycles. The summed E-state index contributed by atoms with van der Waals surface area (Å²) in [5.41, 5.74) is 11.0.